The minimum Gasteiger partial charge on any atom is -0.492 e. The second-order valence-corrected chi connectivity index (χ2v) is 28.2. The summed E-state index contributed by atoms with van der Waals surface area (Å²) in [5.41, 5.74) is 3.75. The number of esters is 2. The molecular weight excluding hydrogens is 1280 g/mol. The van der Waals surface area contributed by atoms with Crippen molar-refractivity contribution in [3.8, 4) is 17.6 Å². The highest BCUT2D eigenvalue weighted by Gasteiger charge is 2.37. The molecule has 540 valence electrons. The zero-order valence-electron chi connectivity index (χ0n) is 58.8. The van der Waals surface area contributed by atoms with Crippen LogP contribution in [0.3, 0.4) is 0 Å². The van der Waals surface area contributed by atoms with Gasteiger partial charge >= 0.3 is 18.0 Å². The highest BCUT2D eigenvalue weighted by Crippen LogP contribution is 2.36. The van der Waals surface area contributed by atoms with E-state index in [1.165, 1.54) is 14.2 Å². The van der Waals surface area contributed by atoms with Gasteiger partial charge in [-0.1, -0.05) is 53.7 Å². The van der Waals surface area contributed by atoms with Gasteiger partial charge in [-0.3, -0.25) is 38.4 Å². The van der Waals surface area contributed by atoms with Gasteiger partial charge in [0, 0.05) is 72.0 Å². The summed E-state index contributed by atoms with van der Waals surface area (Å²) >= 11 is 0. The van der Waals surface area contributed by atoms with Crippen LogP contribution < -0.4 is 57.3 Å². The van der Waals surface area contributed by atoms with E-state index in [0.29, 0.717) is 82.8 Å². The number of benzene rings is 2. The van der Waals surface area contributed by atoms with Gasteiger partial charge in [-0.2, -0.15) is 5.26 Å². The molecule has 3 saturated heterocycles. The van der Waals surface area contributed by atoms with Crippen LogP contribution in [0.1, 0.15) is 171 Å². The third-order valence-electron chi connectivity index (χ3n) is 17.6. The number of hydrogen-bond donors (Lipinski definition) is 11. The van der Waals surface area contributed by atoms with Crippen LogP contribution in [0.25, 0.3) is 21.8 Å². The number of piperidine rings is 3. The summed E-state index contributed by atoms with van der Waals surface area (Å²) in [6.07, 6.45) is 7.10. The largest absolute Gasteiger partial charge is 0.492 e. The fourth-order valence-corrected chi connectivity index (χ4v) is 12.7. The maximum absolute atomic E-state index is 13.3. The summed E-state index contributed by atoms with van der Waals surface area (Å²) in [5, 5.41) is 35.9. The number of aromatic amines is 2. The minimum absolute atomic E-state index is 0.0814. The smallest absolute Gasteiger partial charge is 0.408 e. The van der Waals surface area contributed by atoms with E-state index >= 15 is 0 Å². The Morgan fingerprint density at radius 1 is 0.535 bits per heavy atom. The van der Waals surface area contributed by atoms with Crippen molar-refractivity contribution in [3.63, 3.8) is 0 Å². The molecule has 99 heavy (non-hydrogen) atoms. The molecule has 4 aromatic rings. The lowest BCUT2D eigenvalue weighted by atomic mass is 9.91. The first-order valence-corrected chi connectivity index (χ1v) is 34.5. The average Bonchev–Trinajstić information content (AvgIpc) is 1.64. The molecule has 28 heteroatoms. The Hall–Kier alpha value is -9.42. The maximum Gasteiger partial charge on any atom is 0.408 e. The van der Waals surface area contributed by atoms with Gasteiger partial charge < -0.3 is 81.5 Å². The predicted molar refractivity (Wildman–Crippen MR) is 366 cm³/mol. The molecule has 5 aliphatic heterocycles. The first-order chi connectivity index (χ1) is 47.0. The van der Waals surface area contributed by atoms with E-state index in [1.807, 2.05) is 65.8 Å². The number of nitrogens with zero attached hydrogens (tertiary/aromatic N) is 1. The van der Waals surface area contributed by atoms with E-state index in [9.17, 15) is 58.0 Å². The Kier molecular flexibility index (Phi) is 27.9. The topological polar surface area (TPSA) is 398 Å². The molecule has 2 aromatic heterocycles. The summed E-state index contributed by atoms with van der Waals surface area (Å²) < 4.78 is 26.4. The SMILES string of the molecule is CC(C)C[C@H](NC(=O)c1cc2c3c(ccc2[nH]1)CCO3)C(=O)N[C@H](C#N)C[C@@H]1CCCNC1=O.COC(=O)[C@H](C[C@@H]1CCCNC1=O)NC(=O)[C@H](CC(C)C)NC(=O)OC(C)(C)C.COC(=O)[C@H](C[C@@H]1CCCNC1=O)NC(=O)[C@H](CC(C)C)NC(=O)c1cc2c3c(ccc2[nH]1)CCO3. The molecule has 28 nitrogen and oxygen atoms in total. The molecule has 5 aliphatic rings. The van der Waals surface area contributed by atoms with Gasteiger partial charge in [0.05, 0.1) is 33.5 Å². The van der Waals surface area contributed by atoms with Gasteiger partial charge in [-0.15, -0.1) is 0 Å². The molecule has 3 fully saturated rings. The van der Waals surface area contributed by atoms with Crippen molar-refractivity contribution in [2.24, 2.45) is 35.5 Å². The lowest BCUT2D eigenvalue weighted by Crippen LogP contribution is -2.54. The fourth-order valence-electron chi connectivity index (χ4n) is 12.7. The lowest BCUT2D eigenvalue weighted by Gasteiger charge is -2.28. The van der Waals surface area contributed by atoms with Crippen LogP contribution in [0.5, 0.6) is 11.5 Å². The Morgan fingerprint density at radius 2 is 0.909 bits per heavy atom. The molecule has 0 spiro atoms. The van der Waals surface area contributed by atoms with Gasteiger partial charge in [0.2, 0.25) is 35.4 Å². The molecule has 2 aromatic carbocycles. The molecule has 0 radical (unpaired) electrons. The van der Waals surface area contributed by atoms with Gasteiger partial charge in [-0.25, -0.2) is 14.4 Å². The second kappa shape index (κ2) is 35.9. The number of carbonyl (C=O) groups is 11. The summed E-state index contributed by atoms with van der Waals surface area (Å²) in [6, 6.07) is 8.06. The van der Waals surface area contributed by atoms with Crippen LogP contribution in [-0.2, 0) is 65.4 Å². The summed E-state index contributed by atoms with van der Waals surface area (Å²) in [5.74, 6) is -3.01. The monoisotopic (exact) mass is 1380 g/mol. The number of fused-ring (bicyclic) bond motifs is 6. The number of amides is 9. The van der Waals surface area contributed by atoms with Crippen LogP contribution in [-0.4, -0.2) is 164 Å². The van der Waals surface area contributed by atoms with Crippen molar-refractivity contribution in [1.29, 1.82) is 5.26 Å². The Labute approximate surface area is 577 Å². The van der Waals surface area contributed by atoms with Gasteiger partial charge in [0.1, 0.15) is 64.7 Å². The van der Waals surface area contributed by atoms with E-state index in [2.05, 4.69) is 63.9 Å². The number of carbonyl (C=O) groups excluding carboxylic acids is 11. The van der Waals surface area contributed by atoms with Crippen molar-refractivity contribution < 1.29 is 76.4 Å². The number of methoxy groups -OCH3 is 2. The van der Waals surface area contributed by atoms with Gasteiger partial charge in [-0.05, 0) is 151 Å². The third-order valence-corrected chi connectivity index (χ3v) is 17.6. The van der Waals surface area contributed by atoms with Crippen molar-refractivity contribution >= 4 is 87.1 Å². The van der Waals surface area contributed by atoms with Gasteiger partial charge in [0.25, 0.3) is 11.8 Å². The molecule has 11 N–H and O–H groups in total. The van der Waals surface area contributed by atoms with Gasteiger partial charge in [0.15, 0.2) is 0 Å². The number of alkyl carbamates (subject to hydrolysis) is 1. The van der Waals surface area contributed by atoms with E-state index < -0.39 is 95.3 Å². The number of H-pyrrole nitrogens is 2. The Balaban J connectivity index is 0.000000210. The maximum atomic E-state index is 13.3. The molecule has 0 unspecified atom stereocenters. The molecule has 9 rings (SSSR count). The number of ether oxygens (including phenoxy) is 5. The third kappa shape index (κ3) is 22.3. The zero-order chi connectivity index (χ0) is 72.3. The van der Waals surface area contributed by atoms with Crippen molar-refractivity contribution in [2.75, 3.05) is 47.1 Å². The number of rotatable bonds is 25. The highest BCUT2D eigenvalue weighted by molar-refractivity contribution is 6.03. The molecule has 7 heterocycles. The first-order valence-electron chi connectivity index (χ1n) is 34.5. The summed E-state index contributed by atoms with van der Waals surface area (Å²) in [6.45, 7) is 19.9. The highest BCUT2D eigenvalue weighted by atomic mass is 16.6. The van der Waals surface area contributed by atoms with E-state index in [4.69, 9.17) is 23.7 Å². The van der Waals surface area contributed by atoms with Crippen LogP contribution in [0.2, 0.25) is 0 Å². The molecule has 0 aliphatic carbocycles. The lowest BCUT2D eigenvalue weighted by molar-refractivity contribution is -0.147. The predicted octanol–water partition coefficient (Wildman–Crippen LogP) is 5.49. The Bertz CT molecular complexity index is 3600. The van der Waals surface area contributed by atoms with Crippen LogP contribution in [0.4, 0.5) is 4.79 Å². The standard InChI is InChI=1S/C26H34N4O6.C25H31N5O4.C20H35N3O6/c1-14(2)11-19(24(32)30-21(26(34)35-3)12-16-5-4-9-27-23(16)31)29-25(33)20-13-17-18(28-20)7-6-15-8-10-36-22(15)17;1-14(2)10-20(24(32)28-17(13-26)11-16-4-3-8-27-23(16)31)30-25(33)21-12-18-19(29-21)6-5-15-7-9-34-22(15)18;1-12(2)10-14(23-19(27)29-20(3,4)5)17(25)22-15(18(26)28-6)11-13-8-7-9-21-16(13)24/h6-7,13-14,16,19,21,28H,4-5,8-12H2,1-3H3,(H,27,31)(H,29,33)(H,30,32);5-6,12,14,16-17,20,29H,3-4,7-11H2,1-2H3,(H,27,31)(H,28,32)(H,30,33);12-15H,7-11H2,1-6H3,(H,21,24)(H,22,25)(H,23,27)/t16-,19-,21-;16-,17-,20-;13-,14-,15-/m000/s1. The molecule has 0 bridgehead atoms. The van der Waals surface area contributed by atoms with Crippen molar-refractivity contribution in [3.05, 3.63) is 58.9 Å². The van der Waals surface area contributed by atoms with Crippen molar-refractivity contribution in [1.82, 2.24) is 57.8 Å². The zero-order valence-corrected chi connectivity index (χ0v) is 58.8. The quantitative estimate of drug-likeness (QED) is 0.0288. The minimum atomic E-state index is -0.990. The summed E-state index contributed by atoms with van der Waals surface area (Å²) in [7, 11) is 2.47. The van der Waals surface area contributed by atoms with Crippen LogP contribution >= 0.6 is 0 Å². The number of hydrogen-bond acceptors (Lipinski definition) is 17. The van der Waals surface area contributed by atoms with E-state index in [1.54, 1.807) is 32.9 Å². The number of aromatic nitrogens is 2. The molecular formula is C71H100N12O16. The molecule has 9 amide bonds. The average molecular weight is 1380 g/mol. The molecule has 0 saturated carbocycles. The number of nitriles is 1. The second-order valence-electron chi connectivity index (χ2n) is 28.2. The number of nitrogens with one attached hydrogen (secondary N) is 11. The van der Waals surface area contributed by atoms with E-state index in [-0.39, 0.29) is 66.6 Å². The fraction of sp³-hybridized carbons (Fsp3) is 0.606. The molecule has 9 atom stereocenters. The normalized spacial score (nSPS) is 18.9. The van der Waals surface area contributed by atoms with E-state index in [0.717, 1.165) is 76.5 Å². The summed E-state index contributed by atoms with van der Waals surface area (Å²) in [4.78, 5) is 145. The van der Waals surface area contributed by atoms with Crippen molar-refractivity contribution in [2.45, 2.75) is 194 Å². The van der Waals surface area contributed by atoms with Crippen LogP contribution in [0, 0.1) is 46.8 Å². The first kappa shape index (κ1) is 76.9. The Morgan fingerprint density at radius 3 is 1.26 bits per heavy atom. The van der Waals surface area contributed by atoms with Crippen LogP contribution in [0.15, 0.2) is 36.4 Å².